The van der Waals surface area contributed by atoms with E-state index in [9.17, 15) is 9.59 Å². The lowest BCUT2D eigenvalue weighted by atomic mass is 10.1. The number of hydrogen-bond acceptors (Lipinski definition) is 4. The molecule has 0 spiro atoms. The van der Waals surface area contributed by atoms with Crippen molar-refractivity contribution in [2.75, 3.05) is 6.61 Å². The topological polar surface area (TPSA) is 71.5 Å². The molecule has 0 heterocycles. The molecular formula is C11H11N2O3+. The second kappa shape index (κ2) is 5.03. The van der Waals surface area contributed by atoms with Crippen LogP contribution < -0.4 is 0 Å². The SMILES string of the molecule is CCOC(=O)c1cc(C(C)=O)ccc1[N+]#N. The van der Waals surface area contributed by atoms with Crippen LogP contribution in [-0.2, 0) is 4.74 Å². The van der Waals surface area contributed by atoms with Crippen LogP contribution in [0.5, 0.6) is 0 Å². The average molecular weight is 219 g/mol. The average Bonchev–Trinajstić information content (AvgIpc) is 2.28. The number of esters is 1. The first-order valence-electron chi connectivity index (χ1n) is 4.77. The van der Waals surface area contributed by atoms with Gasteiger partial charge in [0, 0.05) is 11.6 Å². The summed E-state index contributed by atoms with van der Waals surface area (Å²) < 4.78 is 4.78. The molecular weight excluding hydrogens is 208 g/mol. The molecule has 0 aliphatic heterocycles. The third kappa shape index (κ3) is 2.42. The van der Waals surface area contributed by atoms with E-state index in [0.717, 1.165) is 0 Å². The molecule has 0 saturated heterocycles. The van der Waals surface area contributed by atoms with Crippen LogP contribution in [0.15, 0.2) is 18.2 Å². The van der Waals surface area contributed by atoms with Crippen molar-refractivity contribution in [3.05, 3.63) is 34.3 Å². The van der Waals surface area contributed by atoms with Gasteiger partial charge in [0.15, 0.2) is 16.3 Å². The van der Waals surface area contributed by atoms with Gasteiger partial charge in [-0.05, 0) is 26.0 Å². The van der Waals surface area contributed by atoms with Crippen molar-refractivity contribution in [3.63, 3.8) is 0 Å². The van der Waals surface area contributed by atoms with Crippen molar-refractivity contribution in [2.45, 2.75) is 13.8 Å². The minimum absolute atomic E-state index is 0.0806. The molecule has 0 N–H and O–H groups in total. The minimum atomic E-state index is -0.613. The third-order valence-electron chi connectivity index (χ3n) is 2.01. The largest absolute Gasteiger partial charge is 0.462 e. The Labute approximate surface area is 92.7 Å². The van der Waals surface area contributed by atoms with Crippen molar-refractivity contribution in [2.24, 2.45) is 0 Å². The van der Waals surface area contributed by atoms with Gasteiger partial charge in [-0.15, -0.1) is 0 Å². The van der Waals surface area contributed by atoms with Crippen LogP contribution in [0.1, 0.15) is 34.6 Å². The minimum Gasteiger partial charge on any atom is -0.462 e. The molecule has 0 atom stereocenters. The Hall–Kier alpha value is -2.22. The number of carbonyl (C=O) groups excluding carboxylic acids is 2. The maximum atomic E-state index is 11.5. The molecule has 0 radical (unpaired) electrons. The first-order chi connectivity index (χ1) is 7.60. The first-order valence-corrected chi connectivity index (χ1v) is 4.77. The van der Waals surface area contributed by atoms with Gasteiger partial charge in [-0.2, -0.15) is 0 Å². The molecule has 0 saturated carbocycles. The first kappa shape index (κ1) is 11.9. The maximum absolute atomic E-state index is 11.5. The number of benzene rings is 1. The van der Waals surface area contributed by atoms with E-state index in [0.29, 0.717) is 5.56 Å². The van der Waals surface area contributed by atoms with E-state index in [2.05, 4.69) is 4.98 Å². The van der Waals surface area contributed by atoms with Crippen molar-refractivity contribution in [1.82, 2.24) is 0 Å². The summed E-state index contributed by atoms with van der Waals surface area (Å²) >= 11 is 0. The van der Waals surface area contributed by atoms with Gasteiger partial charge >= 0.3 is 11.7 Å². The highest BCUT2D eigenvalue weighted by atomic mass is 16.5. The highest BCUT2D eigenvalue weighted by molar-refractivity contribution is 6.01. The summed E-state index contributed by atoms with van der Waals surface area (Å²) in [6.07, 6.45) is 0. The Morgan fingerprint density at radius 2 is 2.12 bits per heavy atom. The molecule has 0 aliphatic carbocycles. The molecule has 82 valence electrons. The van der Waals surface area contributed by atoms with E-state index in [1.54, 1.807) is 6.92 Å². The summed E-state index contributed by atoms with van der Waals surface area (Å²) in [5.74, 6) is -0.784. The number of Topliss-reactive ketones (excluding diaryl/α,β-unsaturated/α-hetero) is 1. The number of carbonyl (C=O) groups is 2. The van der Waals surface area contributed by atoms with Crippen molar-refractivity contribution >= 4 is 17.4 Å². The van der Waals surface area contributed by atoms with Gasteiger partial charge in [0.05, 0.1) is 6.61 Å². The van der Waals surface area contributed by atoms with Crippen LogP contribution in [-0.4, -0.2) is 18.4 Å². The summed E-state index contributed by atoms with van der Waals surface area (Å²) in [4.78, 5) is 25.6. The number of hydrogen-bond donors (Lipinski definition) is 0. The molecule has 5 heteroatoms. The molecule has 0 amide bonds. The Balaban J connectivity index is 3.23. The summed E-state index contributed by atoms with van der Waals surface area (Å²) in [5.41, 5.74) is 0.538. The monoisotopic (exact) mass is 219 g/mol. The maximum Gasteiger partial charge on any atom is 0.399 e. The summed E-state index contributed by atoms with van der Waals surface area (Å²) in [7, 11) is 0. The Morgan fingerprint density at radius 3 is 2.62 bits per heavy atom. The summed E-state index contributed by atoms with van der Waals surface area (Å²) in [6.45, 7) is 3.27. The number of rotatable bonds is 3. The van der Waals surface area contributed by atoms with Crippen molar-refractivity contribution in [1.29, 1.82) is 5.39 Å². The van der Waals surface area contributed by atoms with Gasteiger partial charge < -0.3 is 4.74 Å². The van der Waals surface area contributed by atoms with E-state index in [1.807, 2.05) is 0 Å². The van der Waals surface area contributed by atoms with E-state index < -0.39 is 5.97 Å². The van der Waals surface area contributed by atoms with E-state index >= 15 is 0 Å². The number of nitrogens with zero attached hydrogens (tertiary/aromatic N) is 2. The lowest BCUT2D eigenvalue weighted by Gasteiger charge is -2.00. The van der Waals surface area contributed by atoms with Crippen LogP contribution >= 0.6 is 0 Å². The normalized spacial score (nSPS) is 9.31. The number of ether oxygens (including phenoxy) is 1. The van der Waals surface area contributed by atoms with Gasteiger partial charge in [0.2, 0.25) is 5.39 Å². The number of ketones is 1. The van der Waals surface area contributed by atoms with Gasteiger partial charge in [-0.1, -0.05) is 0 Å². The lowest BCUT2D eigenvalue weighted by molar-refractivity contribution is 0.0527. The van der Waals surface area contributed by atoms with Crippen molar-refractivity contribution < 1.29 is 14.3 Å². The molecule has 0 fully saturated rings. The van der Waals surface area contributed by atoms with Gasteiger partial charge in [0.1, 0.15) is 0 Å². The van der Waals surface area contributed by atoms with Crippen LogP contribution in [0.4, 0.5) is 5.69 Å². The van der Waals surface area contributed by atoms with E-state index in [1.165, 1.54) is 25.1 Å². The molecule has 1 aromatic rings. The molecule has 0 aromatic heterocycles. The standard InChI is InChI=1S/C11H11N2O3/c1-3-16-11(15)9-6-8(7(2)14)4-5-10(9)13-12/h4-6H,3H2,1-2H3/q+1. The second-order valence-electron chi connectivity index (χ2n) is 3.11. The van der Waals surface area contributed by atoms with Gasteiger partial charge in [-0.25, -0.2) is 4.79 Å². The fraction of sp³-hybridized carbons (Fsp3) is 0.273. The molecule has 0 bridgehead atoms. The predicted molar refractivity (Wildman–Crippen MR) is 57.1 cm³/mol. The zero-order chi connectivity index (χ0) is 12.1. The fourth-order valence-electron chi connectivity index (χ4n) is 1.21. The zero-order valence-electron chi connectivity index (χ0n) is 9.06. The third-order valence-corrected chi connectivity index (χ3v) is 2.01. The van der Waals surface area contributed by atoms with Crippen molar-refractivity contribution in [3.8, 4) is 0 Å². The van der Waals surface area contributed by atoms with Gasteiger partial charge in [0.25, 0.3) is 0 Å². The Kier molecular flexibility index (Phi) is 3.72. The summed E-state index contributed by atoms with van der Waals surface area (Å²) in [5, 5.41) is 8.70. The fourth-order valence-corrected chi connectivity index (χ4v) is 1.21. The summed E-state index contributed by atoms with van der Waals surface area (Å²) in [6, 6.07) is 4.23. The molecule has 0 aliphatic rings. The van der Waals surface area contributed by atoms with Crippen LogP contribution in [0.3, 0.4) is 0 Å². The zero-order valence-corrected chi connectivity index (χ0v) is 9.06. The molecule has 1 rings (SSSR count). The predicted octanol–water partition coefficient (Wildman–Crippen LogP) is 2.55. The number of diazo groups is 1. The molecule has 0 unspecified atom stereocenters. The molecule has 5 nitrogen and oxygen atoms in total. The van der Waals surface area contributed by atoms with Crippen LogP contribution in [0.2, 0.25) is 0 Å². The molecule has 16 heavy (non-hydrogen) atoms. The van der Waals surface area contributed by atoms with E-state index in [-0.39, 0.29) is 23.6 Å². The second-order valence-corrected chi connectivity index (χ2v) is 3.11. The van der Waals surface area contributed by atoms with Crippen LogP contribution in [0, 0.1) is 5.39 Å². The lowest BCUT2D eigenvalue weighted by Crippen LogP contribution is -2.06. The van der Waals surface area contributed by atoms with Gasteiger partial charge in [-0.3, -0.25) is 4.79 Å². The molecule has 1 aromatic carbocycles. The Bertz CT molecular complexity index is 475. The smallest absolute Gasteiger partial charge is 0.399 e. The Morgan fingerprint density at radius 1 is 1.44 bits per heavy atom. The highest BCUT2D eigenvalue weighted by Crippen LogP contribution is 2.21. The van der Waals surface area contributed by atoms with E-state index in [4.69, 9.17) is 10.1 Å². The van der Waals surface area contributed by atoms with Crippen LogP contribution in [0.25, 0.3) is 4.98 Å². The quantitative estimate of drug-likeness (QED) is 0.445. The highest BCUT2D eigenvalue weighted by Gasteiger charge is 2.22.